The topological polar surface area (TPSA) is 34.1 Å². The van der Waals surface area contributed by atoms with Crippen LogP contribution in [0.2, 0.25) is 0 Å². The molecule has 0 saturated carbocycles. The van der Waals surface area contributed by atoms with Crippen LogP contribution in [-0.2, 0) is 9.05 Å². The van der Waals surface area contributed by atoms with Crippen LogP contribution in [0.1, 0.15) is 24.6 Å². The lowest BCUT2D eigenvalue weighted by Gasteiger charge is -2.03. The summed E-state index contributed by atoms with van der Waals surface area (Å²) in [5.74, 6) is 0.154. The van der Waals surface area contributed by atoms with Gasteiger partial charge in [0.05, 0.1) is 0 Å². The Hall–Kier alpha value is -0.580. The molecule has 0 unspecified atom stereocenters. The standard InChI is InChI=1S/C11H11ClO2S2/c1-7(2)10-11(16(12,13)14)8-5-3-4-6-9(8)15-10/h3-7H,1-2H3. The fraction of sp³-hybridized carbons (Fsp3) is 0.273. The Balaban J connectivity index is 2.91. The lowest BCUT2D eigenvalue weighted by molar-refractivity contribution is 0.609. The fourth-order valence-electron chi connectivity index (χ4n) is 1.67. The van der Waals surface area contributed by atoms with Gasteiger partial charge in [0.1, 0.15) is 4.90 Å². The molecule has 0 saturated heterocycles. The fourth-order valence-corrected chi connectivity index (χ4v) is 4.85. The molecular formula is C11H11ClO2S2. The summed E-state index contributed by atoms with van der Waals surface area (Å²) in [5.41, 5.74) is 0. The monoisotopic (exact) mass is 274 g/mol. The molecule has 2 nitrogen and oxygen atoms in total. The first-order valence-corrected chi connectivity index (χ1v) is 8.00. The van der Waals surface area contributed by atoms with Gasteiger partial charge < -0.3 is 0 Å². The highest BCUT2D eigenvalue weighted by Crippen LogP contribution is 2.40. The van der Waals surface area contributed by atoms with Crippen LogP contribution in [0.25, 0.3) is 10.1 Å². The molecule has 0 radical (unpaired) electrons. The highest BCUT2D eigenvalue weighted by Gasteiger charge is 2.23. The average Bonchev–Trinajstić information content (AvgIpc) is 2.55. The Morgan fingerprint density at radius 1 is 1.25 bits per heavy atom. The van der Waals surface area contributed by atoms with Crippen molar-refractivity contribution in [1.82, 2.24) is 0 Å². The number of hydrogen-bond donors (Lipinski definition) is 0. The Morgan fingerprint density at radius 3 is 2.44 bits per heavy atom. The van der Waals surface area contributed by atoms with E-state index in [1.165, 1.54) is 11.3 Å². The maximum Gasteiger partial charge on any atom is 0.263 e. The molecule has 2 aromatic rings. The van der Waals surface area contributed by atoms with E-state index in [1.54, 1.807) is 6.07 Å². The van der Waals surface area contributed by atoms with E-state index in [1.807, 2.05) is 32.0 Å². The third-order valence-corrected chi connectivity index (χ3v) is 5.33. The van der Waals surface area contributed by atoms with Crippen LogP contribution < -0.4 is 0 Å². The van der Waals surface area contributed by atoms with Crippen molar-refractivity contribution < 1.29 is 8.42 Å². The van der Waals surface area contributed by atoms with E-state index >= 15 is 0 Å². The van der Waals surface area contributed by atoms with Gasteiger partial charge in [-0.2, -0.15) is 0 Å². The van der Waals surface area contributed by atoms with E-state index in [4.69, 9.17) is 10.7 Å². The summed E-state index contributed by atoms with van der Waals surface area (Å²) in [4.78, 5) is 1.11. The van der Waals surface area contributed by atoms with Gasteiger partial charge in [-0.05, 0) is 12.0 Å². The third kappa shape index (κ3) is 1.97. The summed E-state index contributed by atoms with van der Waals surface area (Å²) in [6.45, 7) is 3.94. The van der Waals surface area contributed by atoms with Gasteiger partial charge in [0.15, 0.2) is 0 Å². The van der Waals surface area contributed by atoms with E-state index in [0.717, 1.165) is 15.0 Å². The molecule has 0 atom stereocenters. The molecule has 0 bridgehead atoms. The number of thiophene rings is 1. The third-order valence-electron chi connectivity index (χ3n) is 2.34. The zero-order valence-electron chi connectivity index (χ0n) is 8.90. The van der Waals surface area contributed by atoms with Gasteiger partial charge in [-0.1, -0.05) is 32.0 Å². The molecule has 1 heterocycles. The minimum atomic E-state index is -3.68. The van der Waals surface area contributed by atoms with Gasteiger partial charge in [-0.15, -0.1) is 11.3 Å². The first-order valence-electron chi connectivity index (χ1n) is 4.87. The quantitative estimate of drug-likeness (QED) is 0.777. The number of rotatable bonds is 2. The lowest BCUT2D eigenvalue weighted by Crippen LogP contribution is -1.95. The summed E-state index contributed by atoms with van der Waals surface area (Å²) in [7, 11) is 1.83. The second kappa shape index (κ2) is 4.02. The molecule has 86 valence electrons. The molecule has 2 rings (SSSR count). The first-order chi connectivity index (χ1) is 7.41. The molecule has 0 aliphatic heterocycles. The predicted molar refractivity (Wildman–Crippen MR) is 69.0 cm³/mol. The molecule has 0 fully saturated rings. The molecule has 0 amide bonds. The summed E-state index contributed by atoms with van der Waals surface area (Å²) in [6.07, 6.45) is 0. The molecule has 5 heteroatoms. The molecule has 1 aromatic heterocycles. The van der Waals surface area contributed by atoms with Crippen LogP contribution in [0, 0.1) is 0 Å². The largest absolute Gasteiger partial charge is 0.263 e. The zero-order valence-corrected chi connectivity index (χ0v) is 11.3. The van der Waals surface area contributed by atoms with Crippen molar-refractivity contribution in [3.05, 3.63) is 29.1 Å². The maximum absolute atomic E-state index is 11.6. The number of benzene rings is 1. The van der Waals surface area contributed by atoms with Crippen LogP contribution in [0.15, 0.2) is 29.2 Å². The van der Waals surface area contributed by atoms with Gasteiger partial charge in [-0.25, -0.2) is 8.42 Å². The van der Waals surface area contributed by atoms with Crippen molar-refractivity contribution in [3.63, 3.8) is 0 Å². The van der Waals surface area contributed by atoms with Crippen LogP contribution in [0.3, 0.4) is 0 Å². The molecule has 0 aliphatic rings. The SMILES string of the molecule is CC(C)c1sc2ccccc2c1S(=O)(=O)Cl. The Labute approximate surface area is 103 Å². The Kier molecular flexibility index (Phi) is 2.99. The van der Waals surface area contributed by atoms with Crippen molar-refractivity contribution in [2.24, 2.45) is 0 Å². The first kappa shape index (κ1) is 11.9. The predicted octanol–water partition coefficient (Wildman–Crippen LogP) is 3.95. The van der Waals surface area contributed by atoms with Crippen LogP contribution in [-0.4, -0.2) is 8.42 Å². The van der Waals surface area contributed by atoms with Crippen molar-refractivity contribution >= 4 is 41.2 Å². The van der Waals surface area contributed by atoms with E-state index in [-0.39, 0.29) is 10.8 Å². The Bertz CT molecular complexity index is 626. The minimum absolute atomic E-state index is 0.154. The second-order valence-corrected chi connectivity index (χ2v) is 7.47. The number of hydrogen-bond acceptors (Lipinski definition) is 3. The van der Waals surface area contributed by atoms with Crippen molar-refractivity contribution in [2.45, 2.75) is 24.7 Å². The molecule has 0 spiro atoms. The molecule has 0 N–H and O–H groups in total. The Morgan fingerprint density at radius 2 is 1.88 bits per heavy atom. The highest BCUT2D eigenvalue weighted by molar-refractivity contribution is 8.14. The van der Waals surface area contributed by atoms with Crippen LogP contribution >= 0.6 is 22.0 Å². The van der Waals surface area contributed by atoms with Gasteiger partial charge in [0.25, 0.3) is 9.05 Å². The van der Waals surface area contributed by atoms with E-state index < -0.39 is 9.05 Å². The van der Waals surface area contributed by atoms with Gasteiger partial charge in [0, 0.05) is 25.6 Å². The summed E-state index contributed by atoms with van der Waals surface area (Å²) in [5, 5.41) is 0.728. The normalized spacial score (nSPS) is 12.5. The highest BCUT2D eigenvalue weighted by atomic mass is 35.7. The minimum Gasteiger partial charge on any atom is -0.207 e. The lowest BCUT2D eigenvalue weighted by atomic mass is 10.1. The van der Waals surface area contributed by atoms with Crippen molar-refractivity contribution in [2.75, 3.05) is 0 Å². The second-order valence-electron chi connectivity index (χ2n) is 3.88. The van der Waals surface area contributed by atoms with Crippen LogP contribution in [0.4, 0.5) is 0 Å². The average molecular weight is 275 g/mol. The van der Waals surface area contributed by atoms with E-state index in [0.29, 0.717) is 0 Å². The molecule has 16 heavy (non-hydrogen) atoms. The molecular weight excluding hydrogens is 264 g/mol. The molecule has 0 aliphatic carbocycles. The van der Waals surface area contributed by atoms with E-state index in [2.05, 4.69) is 0 Å². The van der Waals surface area contributed by atoms with Crippen molar-refractivity contribution in [3.8, 4) is 0 Å². The molecule has 1 aromatic carbocycles. The number of halogens is 1. The smallest absolute Gasteiger partial charge is 0.207 e. The maximum atomic E-state index is 11.6. The summed E-state index contributed by atoms with van der Waals surface area (Å²) < 4.78 is 24.2. The van der Waals surface area contributed by atoms with Gasteiger partial charge in [0.2, 0.25) is 0 Å². The van der Waals surface area contributed by atoms with Crippen molar-refractivity contribution in [1.29, 1.82) is 0 Å². The van der Waals surface area contributed by atoms with E-state index in [9.17, 15) is 8.42 Å². The summed E-state index contributed by atoms with van der Waals surface area (Å²) in [6, 6.07) is 7.43. The zero-order chi connectivity index (χ0) is 11.9. The number of fused-ring (bicyclic) bond motifs is 1. The summed E-state index contributed by atoms with van der Waals surface area (Å²) >= 11 is 1.50. The van der Waals surface area contributed by atoms with Gasteiger partial charge in [-0.3, -0.25) is 0 Å². The van der Waals surface area contributed by atoms with Crippen LogP contribution in [0.5, 0.6) is 0 Å². The van der Waals surface area contributed by atoms with Gasteiger partial charge >= 0.3 is 0 Å².